The first-order chi connectivity index (χ1) is 9.45. The molecule has 0 aliphatic rings. The lowest BCUT2D eigenvalue weighted by molar-refractivity contribution is 0.0697. The fourth-order valence-corrected chi connectivity index (χ4v) is 2.54. The summed E-state index contributed by atoms with van der Waals surface area (Å²) < 4.78 is 9.24. The zero-order valence-electron chi connectivity index (χ0n) is 10.9. The number of anilines is 1. The van der Waals surface area contributed by atoms with Gasteiger partial charge in [0.2, 0.25) is 0 Å². The van der Waals surface area contributed by atoms with Crippen LogP contribution in [-0.4, -0.2) is 28.4 Å². The van der Waals surface area contributed by atoms with E-state index in [4.69, 9.17) is 15.3 Å². The fraction of sp³-hybridized carbons (Fsp3) is 0.250. The Balaban J connectivity index is 2.33. The quantitative estimate of drug-likeness (QED) is 0.884. The van der Waals surface area contributed by atoms with Gasteiger partial charge < -0.3 is 15.3 Å². The Hall–Kier alpha value is -2.19. The number of carboxylic acid groups (broad SMARTS) is 1. The molecule has 0 unspecified atom stereocenters. The first kappa shape index (κ1) is 14.2. The summed E-state index contributed by atoms with van der Waals surface area (Å²) >= 11 is 0.956. The van der Waals surface area contributed by atoms with Crippen LogP contribution in [0, 0.1) is 6.92 Å². The van der Waals surface area contributed by atoms with E-state index in [-0.39, 0.29) is 22.9 Å². The number of aryl methyl sites for hydroxylation is 1. The number of hydrogen-bond acceptors (Lipinski definition) is 6. The number of carbonyl (C=O) groups excluding carboxylic acids is 1. The van der Waals surface area contributed by atoms with E-state index in [2.05, 4.69) is 4.37 Å². The highest BCUT2D eigenvalue weighted by molar-refractivity contribution is 7.11. The highest BCUT2D eigenvalue weighted by atomic mass is 32.1. The standard InChI is InChI=1S/C12H13N3O4S/c1-6-9(12(17)18)11(20-14-6)15(2)10(16)8-4-3-7(5-13)19-8/h3-4H,5,13H2,1-2H3,(H,17,18). The molecule has 2 aromatic heterocycles. The van der Waals surface area contributed by atoms with Gasteiger partial charge in [-0.3, -0.25) is 9.69 Å². The van der Waals surface area contributed by atoms with Crippen molar-refractivity contribution >= 4 is 28.4 Å². The lowest BCUT2D eigenvalue weighted by atomic mass is 10.2. The van der Waals surface area contributed by atoms with Gasteiger partial charge in [-0.2, -0.15) is 4.37 Å². The Morgan fingerprint density at radius 2 is 2.20 bits per heavy atom. The molecule has 0 spiro atoms. The van der Waals surface area contributed by atoms with Crippen molar-refractivity contribution in [1.82, 2.24) is 4.37 Å². The van der Waals surface area contributed by atoms with Gasteiger partial charge in [-0.1, -0.05) is 0 Å². The normalized spacial score (nSPS) is 10.6. The van der Waals surface area contributed by atoms with Crippen molar-refractivity contribution in [1.29, 1.82) is 0 Å². The highest BCUT2D eigenvalue weighted by Crippen LogP contribution is 2.29. The summed E-state index contributed by atoms with van der Waals surface area (Å²) in [6.07, 6.45) is 0. The van der Waals surface area contributed by atoms with E-state index in [1.54, 1.807) is 13.0 Å². The first-order valence-corrected chi connectivity index (χ1v) is 6.49. The SMILES string of the molecule is Cc1nsc(N(C)C(=O)c2ccc(CN)o2)c1C(=O)O. The van der Waals surface area contributed by atoms with Gasteiger partial charge in [-0.05, 0) is 30.6 Å². The van der Waals surface area contributed by atoms with E-state index in [0.29, 0.717) is 11.5 Å². The lowest BCUT2D eigenvalue weighted by Crippen LogP contribution is -2.26. The van der Waals surface area contributed by atoms with E-state index in [1.165, 1.54) is 18.0 Å². The number of rotatable bonds is 4. The molecule has 0 fully saturated rings. The predicted octanol–water partition coefficient (Wildman–Crippen LogP) is 1.48. The molecule has 0 bridgehead atoms. The Bertz CT molecular complexity index is 661. The number of carboxylic acids is 1. The van der Waals surface area contributed by atoms with Gasteiger partial charge in [0.25, 0.3) is 5.91 Å². The number of aromatic carboxylic acids is 1. The molecule has 106 valence electrons. The summed E-state index contributed by atoms with van der Waals surface area (Å²) in [5.74, 6) is -0.972. The second-order valence-electron chi connectivity index (χ2n) is 4.09. The van der Waals surface area contributed by atoms with Crippen molar-refractivity contribution in [3.8, 4) is 0 Å². The van der Waals surface area contributed by atoms with Gasteiger partial charge in [0.05, 0.1) is 12.2 Å². The van der Waals surface area contributed by atoms with Crippen LogP contribution in [-0.2, 0) is 6.54 Å². The Labute approximate surface area is 118 Å². The molecular weight excluding hydrogens is 282 g/mol. The molecule has 0 aromatic carbocycles. The van der Waals surface area contributed by atoms with Gasteiger partial charge in [0, 0.05) is 7.05 Å². The van der Waals surface area contributed by atoms with Gasteiger partial charge in [-0.15, -0.1) is 0 Å². The van der Waals surface area contributed by atoms with Crippen molar-refractivity contribution in [3.05, 3.63) is 34.9 Å². The molecule has 7 nitrogen and oxygen atoms in total. The summed E-state index contributed by atoms with van der Waals surface area (Å²) in [5.41, 5.74) is 5.81. The number of hydrogen-bond donors (Lipinski definition) is 2. The Morgan fingerprint density at radius 3 is 2.75 bits per heavy atom. The summed E-state index contributed by atoms with van der Waals surface area (Å²) in [6, 6.07) is 3.12. The average molecular weight is 295 g/mol. The minimum atomic E-state index is -1.12. The third-order valence-electron chi connectivity index (χ3n) is 2.74. The van der Waals surface area contributed by atoms with Gasteiger partial charge in [0.15, 0.2) is 5.76 Å². The van der Waals surface area contributed by atoms with E-state index in [0.717, 1.165) is 11.5 Å². The molecule has 8 heteroatoms. The molecule has 0 saturated heterocycles. The topological polar surface area (TPSA) is 110 Å². The molecule has 1 amide bonds. The number of carbonyl (C=O) groups is 2. The van der Waals surface area contributed by atoms with Crippen LogP contribution in [0.3, 0.4) is 0 Å². The van der Waals surface area contributed by atoms with Crippen molar-refractivity contribution in [2.24, 2.45) is 5.73 Å². The Morgan fingerprint density at radius 1 is 1.50 bits per heavy atom. The molecule has 0 saturated carbocycles. The van der Waals surface area contributed by atoms with Gasteiger partial charge in [0.1, 0.15) is 16.3 Å². The van der Waals surface area contributed by atoms with Crippen LogP contribution in [0.5, 0.6) is 0 Å². The molecule has 0 aliphatic heterocycles. The number of aromatic nitrogens is 1. The van der Waals surface area contributed by atoms with Gasteiger partial charge in [-0.25, -0.2) is 4.79 Å². The number of nitrogens with two attached hydrogens (primary N) is 1. The van der Waals surface area contributed by atoms with Crippen molar-refractivity contribution < 1.29 is 19.1 Å². The van der Waals surface area contributed by atoms with E-state index < -0.39 is 11.9 Å². The molecule has 2 rings (SSSR count). The van der Waals surface area contributed by atoms with Crippen LogP contribution in [0.2, 0.25) is 0 Å². The highest BCUT2D eigenvalue weighted by Gasteiger charge is 2.26. The summed E-state index contributed by atoms with van der Waals surface area (Å²) in [7, 11) is 1.48. The summed E-state index contributed by atoms with van der Waals surface area (Å²) in [6.45, 7) is 1.78. The van der Waals surface area contributed by atoms with Crippen LogP contribution in [0.4, 0.5) is 5.00 Å². The van der Waals surface area contributed by atoms with Crippen LogP contribution in [0.25, 0.3) is 0 Å². The average Bonchev–Trinajstić information content (AvgIpc) is 3.03. The van der Waals surface area contributed by atoms with E-state index in [9.17, 15) is 9.59 Å². The molecule has 2 aromatic rings. The molecular formula is C12H13N3O4S. The smallest absolute Gasteiger partial charge is 0.340 e. The largest absolute Gasteiger partial charge is 0.478 e. The van der Waals surface area contributed by atoms with Crippen LogP contribution >= 0.6 is 11.5 Å². The second kappa shape index (κ2) is 5.43. The summed E-state index contributed by atoms with van der Waals surface area (Å²) in [5, 5.41) is 9.44. The zero-order valence-corrected chi connectivity index (χ0v) is 11.7. The van der Waals surface area contributed by atoms with Crippen LogP contribution in [0.15, 0.2) is 16.5 Å². The van der Waals surface area contributed by atoms with Crippen LogP contribution in [0.1, 0.15) is 32.4 Å². The van der Waals surface area contributed by atoms with E-state index in [1.807, 2.05) is 0 Å². The van der Waals surface area contributed by atoms with Crippen LogP contribution < -0.4 is 10.6 Å². The molecule has 0 radical (unpaired) electrons. The molecule has 0 atom stereocenters. The zero-order chi connectivity index (χ0) is 14.9. The maximum atomic E-state index is 12.2. The lowest BCUT2D eigenvalue weighted by Gasteiger charge is -2.14. The minimum absolute atomic E-state index is 0.0245. The second-order valence-corrected chi connectivity index (χ2v) is 4.84. The van der Waals surface area contributed by atoms with Crippen molar-refractivity contribution in [2.75, 3.05) is 11.9 Å². The van der Waals surface area contributed by atoms with Crippen molar-refractivity contribution in [3.63, 3.8) is 0 Å². The summed E-state index contributed by atoms with van der Waals surface area (Å²) in [4.78, 5) is 24.7. The molecule has 3 N–H and O–H groups in total. The molecule has 20 heavy (non-hydrogen) atoms. The minimum Gasteiger partial charge on any atom is -0.478 e. The van der Waals surface area contributed by atoms with E-state index >= 15 is 0 Å². The third kappa shape index (κ3) is 2.43. The molecule has 0 aliphatic carbocycles. The maximum Gasteiger partial charge on any atom is 0.340 e. The third-order valence-corrected chi connectivity index (χ3v) is 3.76. The molecule has 2 heterocycles. The maximum absolute atomic E-state index is 12.2. The monoisotopic (exact) mass is 295 g/mol. The fourth-order valence-electron chi connectivity index (χ4n) is 1.69. The number of amides is 1. The predicted molar refractivity (Wildman–Crippen MR) is 73.1 cm³/mol. The van der Waals surface area contributed by atoms with Gasteiger partial charge >= 0.3 is 5.97 Å². The first-order valence-electron chi connectivity index (χ1n) is 5.72. The van der Waals surface area contributed by atoms with Crippen molar-refractivity contribution in [2.45, 2.75) is 13.5 Å². The number of nitrogens with zero attached hydrogens (tertiary/aromatic N) is 2. The number of furan rings is 1. The Kier molecular flexibility index (Phi) is 3.86.